The maximum Gasteiger partial charge on any atom is 0.311 e. The van der Waals surface area contributed by atoms with Gasteiger partial charge in [0.25, 0.3) is 0 Å². The van der Waals surface area contributed by atoms with Crippen LogP contribution in [0.3, 0.4) is 0 Å². The third kappa shape index (κ3) is 2.64. The van der Waals surface area contributed by atoms with Gasteiger partial charge in [-0.2, -0.15) is 0 Å². The Morgan fingerprint density at radius 2 is 2.17 bits per heavy atom. The summed E-state index contributed by atoms with van der Waals surface area (Å²) in [6, 6.07) is 7.64. The van der Waals surface area contributed by atoms with Crippen LogP contribution in [0, 0.1) is 5.41 Å². The van der Waals surface area contributed by atoms with E-state index in [9.17, 15) is 9.90 Å². The van der Waals surface area contributed by atoms with Crippen molar-refractivity contribution in [2.24, 2.45) is 5.41 Å². The SMILES string of the molecule is COc1ccc(CC2(C(=O)O)CCCNC2)cc1. The van der Waals surface area contributed by atoms with Crippen LogP contribution in [0.1, 0.15) is 18.4 Å². The van der Waals surface area contributed by atoms with E-state index in [1.54, 1.807) is 7.11 Å². The molecule has 1 fully saturated rings. The van der Waals surface area contributed by atoms with Crippen molar-refractivity contribution in [3.8, 4) is 5.75 Å². The molecule has 0 aliphatic carbocycles. The van der Waals surface area contributed by atoms with Gasteiger partial charge in [0.2, 0.25) is 0 Å². The van der Waals surface area contributed by atoms with Gasteiger partial charge in [0.15, 0.2) is 0 Å². The van der Waals surface area contributed by atoms with Crippen LogP contribution < -0.4 is 10.1 Å². The maximum absolute atomic E-state index is 11.5. The first-order valence-corrected chi connectivity index (χ1v) is 6.23. The highest BCUT2D eigenvalue weighted by molar-refractivity contribution is 5.75. The minimum atomic E-state index is -0.703. The number of hydrogen-bond donors (Lipinski definition) is 2. The summed E-state index contributed by atoms with van der Waals surface area (Å²) < 4.78 is 5.10. The fourth-order valence-corrected chi connectivity index (χ4v) is 2.51. The first kappa shape index (κ1) is 12.9. The molecule has 98 valence electrons. The Morgan fingerprint density at radius 3 is 2.67 bits per heavy atom. The van der Waals surface area contributed by atoms with Crippen LogP contribution >= 0.6 is 0 Å². The molecule has 1 saturated heterocycles. The van der Waals surface area contributed by atoms with Crippen LogP contribution in [0.25, 0.3) is 0 Å². The molecule has 2 N–H and O–H groups in total. The molecule has 0 aromatic heterocycles. The summed E-state index contributed by atoms with van der Waals surface area (Å²) >= 11 is 0. The highest BCUT2D eigenvalue weighted by atomic mass is 16.5. The smallest absolute Gasteiger partial charge is 0.311 e. The van der Waals surface area contributed by atoms with Crippen molar-refractivity contribution in [1.82, 2.24) is 5.32 Å². The first-order valence-electron chi connectivity index (χ1n) is 6.23. The van der Waals surface area contributed by atoms with Gasteiger partial charge in [0.05, 0.1) is 12.5 Å². The second-order valence-electron chi connectivity index (χ2n) is 4.89. The number of rotatable bonds is 4. The van der Waals surface area contributed by atoms with E-state index in [0.29, 0.717) is 13.0 Å². The standard InChI is InChI=1S/C14H19NO3/c1-18-12-5-3-11(4-6-12)9-14(13(16)17)7-2-8-15-10-14/h3-6,15H,2,7-10H2,1H3,(H,16,17). The average Bonchev–Trinajstić information content (AvgIpc) is 2.40. The second-order valence-corrected chi connectivity index (χ2v) is 4.89. The summed E-state index contributed by atoms with van der Waals surface area (Å²) in [5.41, 5.74) is 0.384. The summed E-state index contributed by atoms with van der Waals surface area (Å²) in [7, 11) is 1.62. The Labute approximate surface area is 107 Å². The molecule has 0 bridgehead atoms. The van der Waals surface area contributed by atoms with Gasteiger partial charge in [-0.15, -0.1) is 0 Å². The van der Waals surface area contributed by atoms with Crippen LogP contribution in [0.4, 0.5) is 0 Å². The lowest BCUT2D eigenvalue weighted by Gasteiger charge is -2.33. The number of nitrogens with one attached hydrogen (secondary N) is 1. The van der Waals surface area contributed by atoms with Crippen LogP contribution in [0.5, 0.6) is 5.75 Å². The van der Waals surface area contributed by atoms with Crippen molar-refractivity contribution in [2.45, 2.75) is 19.3 Å². The summed E-state index contributed by atoms with van der Waals surface area (Å²) in [5.74, 6) is 0.0930. The van der Waals surface area contributed by atoms with Crippen LogP contribution in [0.15, 0.2) is 24.3 Å². The highest BCUT2D eigenvalue weighted by Crippen LogP contribution is 2.31. The van der Waals surface area contributed by atoms with Crippen molar-refractivity contribution in [3.05, 3.63) is 29.8 Å². The van der Waals surface area contributed by atoms with Crippen molar-refractivity contribution < 1.29 is 14.6 Å². The third-order valence-electron chi connectivity index (χ3n) is 3.63. The molecule has 1 atom stereocenters. The van der Waals surface area contributed by atoms with Crippen molar-refractivity contribution >= 4 is 5.97 Å². The van der Waals surface area contributed by atoms with Gasteiger partial charge in [-0.05, 0) is 43.5 Å². The molecule has 1 heterocycles. The van der Waals surface area contributed by atoms with E-state index in [4.69, 9.17) is 4.74 Å². The van der Waals surface area contributed by atoms with Crippen LogP contribution in [0.2, 0.25) is 0 Å². The zero-order valence-corrected chi connectivity index (χ0v) is 10.6. The number of piperidine rings is 1. The number of carboxylic acids is 1. The van der Waals surface area contributed by atoms with Gasteiger partial charge < -0.3 is 15.2 Å². The van der Waals surface area contributed by atoms with E-state index in [0.717, 1.165) is 30.7 Å². The Kier molecular flexibility index (Phi) is 3.87. The van der Waals surface area contributed by atoms with Crippen LogP contribution in [-0.2, 0) is 11.2 Å². The van der Waals surface area contributed by atoms with Gasteiger partial charge in [0.1, 0.15) is 5.75 Å². The van der Waals surface area contributed by atoms with Crippen LogP contribution in [-0.4, -0.2) is 31.3 Å². The van der Waals surface area contributed by atoms with Crippen molar-refractivity contribution in [1.29, 1.82) is 0 Å². The number of methoxy groups -OCH3 is 1. The van der Waals surface area contributed by atoms with Gasteiger partial charge in [-0.1, -0.05) is 12.1 Å². The molecular weight excluding hydrogens is 230 g/mol. The lowest BCUT2D eigenvalue weighted by Crippen LogP contribution is -2.46. The van der Waals surface area contributed by atoms with E-state index < -0.39 is 11.4 Å². The van der Waals surface area contributed by atoms with Crippen molar-refractivity contribution in [3.63, 3.8) is 0 Å². The topological polar surface area (TPSA) is 58.6 Å². The molecule has 0 saturated carbocycles. The van der Waals surface area contributed by atoms with E-state index in [1.165, 1.54) is 0 Å². The maximum atomic E-state index is 11.5. The molecule has 1 aliphatic heterocycles. The predicted octanol–water partition coefficient (Wildman–Crippen LogP) is 1.69. The Hall–Kier alpha value is -1.55. The van der Waals surface area contributed by atoms with Gasteiger partial charge >= 0.3 is 5.97 Å². The Bertz CT molecular complexity index is 408. The third-order valence-corrected chi connectivity index (χ3v) is 3.63. The molecule has 1 unspecified atom stereocenters. The zero-order chi connectivity index (χ0) is 13.0. The number of hydrogen-bond acceptors (Lipinski definition) is 3. The molecule has 4 nitrogen and oxygen atoms in total. The van der Waals surface area contributed by atoms with Gasteiger partial charge in [-0.25, -0.2) is 0 Å². The number of aliphatic carboxylic acids is 1. The fraction of sp³-hybridized carbons (Fsp3) is 0.500. The second kappa shape index (κ2) is 5.40. The number of ether oxygens (including phenoxy) is 1. The molecule has 1 aromatic carbocycles. The zero-order valence-electron chi connectivity index (χ0n) is 10.6. The lowest BCUT2D eigenvalue weighted by molar-refractivity contribution is -0.150. The predicted molar refractivity (Wildman–Crippen MR) is 68.9 cm³/mol. The van der Waals surface area contributed by atoms with Crippen molar-refractivity contribution in [2.75, 3.05) is 20.2 Å². The van der Waals surface area contributed by atoms with E-state index in [1.807, 2.05) is 24.3 Å². The summed E-state index contributed by atoms with van der Waals surface area (Å²) in [6.45, 7) is 1.46. The Balaban J connectivity index is 2.15. The minimum Gasteiger partial charge on any atom is -0.497 e. The molecular formula is C14H19NO3. The Morgan fingerprint density at radius 1 is 1.44 bits per heavy atom. The quantitative estimate of drug-likeness (QED) is 0.852. The fourth-order valence-electron chi connectivity index (χ4n) is 2.51. The van der Waals surface area contributed by atoms with Gasteiger partial charge in [-0.3, -0.25) is 4.79 Å². The monoisotopic (exact) mass is 249 g/mol. The molecule has 1 aliphatic rings. The molecule has 0 radical (unpaired) electrons. The van der Waals surface area contributed by atoms with Gasteiger partial charge in [0, 0.05) is 6.54 Å². The van der Waals surface area contributed by atoms with E-state index >= 15 is 0 Å². The number of carboxylic acid groups (broad SMARTS) is 1. The molecule has 4 heteroatoms. The molecule has 0 spiro atoms. The molecule has 1 aromatic rings. The molecule has 2 rings (SSSR count). The lowest BCUT2D eigenvalue weighted by atomic mass is 9.76. The molecule has 0 amide bonds. The van der Waals surface area contributed by atoms with E-state index in [2.05, 4.69) is 5.32 Å². The minimum absolute atomic E-state index is 0.550. The number of carbonyl (C=O) groups is 1. The summed E-state index contributed by atoms with van der Waals surface area (Å²) in [4.78, 5) is 11.5. The number of benzene rings is 1. The normalized spacial score (nSPS) is 23.6. The highest BCUT2D eigenvalue weighted by Gasteiger charge is 2.39. The van der Waals surface area contributed by atoms with E-state index in [-0.39, 0.29) is 0 Å². The average molecular weight is 249 g/mol. The first-order chi connectivity index (χ1) is 8.66. The summed E-state index contributed by atoms with van der Waals surface area (Å²) in [6.07, 6.45) is 2.23. The largest absolute Gasteiger partial charge is 0.497 e. The summed E-state index contributed by atoms with van der Waals surface area (Å²) in [5, 5.41) is 12.7. The molecule has 18 heavy (non-hydrogen) atoms.